The smallest absolute Gasteiger partial charge is 0.243 e. The van der Waals surface area contributed by atoms with Crippen LogP contribution in [0.1, 0.15) is 24.7 Å². The quantitative estimate of drug-likeness (QED) is 0.590. The lowest BCUT2D eigenvalue weighted by molar-refractivity contribution is -0.116. The first-order valence-corrected chi connectivity index (χ1v) is 12.3. The predicted molar refractivity (Wildman–Crippen MR) is 123 cm³/mol. The topological polar surface area (TPSA) is 93.5 Å². The summed E-state index contributed by atoms with van der Waals surface area (Å²) in [6.07, 6.45) is 0.752. The maximum absolute atomic E-state index is 13.0. The van der Waals surface area contributed by atoms with Crippen LogP contribution >= 0.6 is 0 Å². The van der Waals surface area contributed by atoms with Gasteiger partial charge in [-0.15, -0.1) is 0 Å². The van der Waals surface area contributed by atoms with Crippen LogP contribution in [0.4, 0.5) is 5.69 Å². The molecule has 2 heterocycles. The molecule has 0 saturated carbocycles. The van der Waals surface area contributed by atoms with Crippen LogP contribution in [0.15, 0.2) is 47.4 Å². The van der Waals surface area contributed by atoms with E-state index < -0.39 is 10.0 Å². The second kappa shape index (κ2) is 9.40. The minimum absolute atomic E-state index is 0.0825. The highest BCUT2D eigenvalue weighted by molar-refractivity contribution is 7.89. The molecule has 2 aromatic carbocycles. The summed E-state index contributed by atoms with van der Waals surface area (Å²) in [4.78, 5) is 17.3. The minimum atomic E-state index is -3.59. The Balaban J connectivity index is 1.52. The molecule has 0 atom stereocenters. The summed E-state index contributed by atoms with van der Waals surface area (Å²) in [7, 11) is -3.59. The van der Waals surface area contributed by atoms with E-state index >= 15 is 0 Å². The van der Waals surface area contributed by atoms with Crippen molar-refractivity contribution in [1.29, 1.82) is 0 Å². The van der Waals surface area contributed by atoms with Gasteiger partial charge >= 0.3 is 0 Å². The van der Waals surface area contributed by atoms with Gasteiger partial charge in [-0.3, -0.25) is 4.79 Å². The van der Waals surface area contributed by atoms with Gasteiger partial charge in [0, 0.05) is 38.2 Å². The Labute approximate surface area is 188 Å². The number of aryl methyl sites for hydroxylation is 3. The molecule has 0 unspecified atom stereocenters. The van der Waals surface area contributed by atoms with Crippen LogP contribution < -0.4 is 5.32 Å². The van der Waals surface area contributed by atoms with E-state index in [0.717, 1.165) is 22.6 Å². The van der Waals surface area contributed by atoms with Crippen LogP contribution in [0, 0.1) is 6.92 Å². The highest BCUT2D eigenvalue weighted by Gasteiger charge is 2.27. The standard InChI is InChI=1S/C23H28N4O4S/c1-3-27-21-8-7-19(32(29,30)26-11-13-31-14-12-26)16-20(21)25-22(27)9-10-23(28)24-18-6-4-5-17(2)15-18/h4-8,15-16H,3,9-14H2,1-2H3,(H,24,28). The number of aromatic nitrogens is 2. The third kappa shape index (κ3) is 4.69. The number of hydrogen-bond acceptors (Lipinski definition) is 5. The van der Waals surface area contributed by atoms with E-state index in [1.165, 1.54) is 4.31 Å². The van der Waals surface area contributed by atoms with Gasteiger partial charge in [-0.25, -0.2) is 13.4 Å². The molecule has 1 aliphatic heterocycles. The maximum atomic E-state index is 13.0. The van der Waals surface area contributed by atoms with Crippen LogP contribution in [0.2, 0.25) is 0 Å². The van der Waals surface area contributed by atoms with E-state index in [0.29, 0.717) is 44.8 Å². The second-order valence-electron chi connectivity index (χ2n) is 7.86. The van der Waals surface area contributed by atoms with Crippen LogP contribution in [0.3, 0.4) is 0 Å². The predicted octanol–water partition coefficient (Wildman–Crippen LogP) is 2.96. The van der Waals surface area contributed by atoms with Crippen molar-refractivity contribution in [2.24, 2.45) is 0 Å². The number of imidazole rings is 1. The number of fused-ring (bicyclic) bond motifs is 1. The second-order valence-corrected chi connectivity index (χ2v) is 9.79. The number of nitrogens with zero attached hydrogens (tertiary/aromatic N) is 3. The average molecular weight is 457 g/mol. The Bertz CT molecular complexity index is 1230. The van der Waals surface area contributed by atoms with Gasteiger partial charge < -0.3 is 14.6 Å². The van der Waals surface area contributed by atoms with Crippen LogP contribution in [-0.4, -0.2) is 54.5 Å². The number of benzene rings is 2. The first-order valence-electron chi connectivity index (χ1n) is 10.8. The zero-order chi connectivity index (χ0) is 22.7. The van der Waals surface area contributed by atoms with E-state index in [-0.39, 0.29) is 17.2 Å². The molecular weight excluding hydrogens is 428 g/mol. The lowest BCUT2D eigenvalue weighted by atomic mass is 10.2. The van der Waals surface area contributed by atoms with Gasteiger partial charge in [-0.1, -0.05) is 12.1 Å². The van der Waals surface area contributed by atoms with Gasteiger partial charge in [-0.2, -0.15) is 4.31 Å². The number of anilines is 1. The summed E-state index contributed by atoms with van der Waals surface area (Å²) in [5.74, 6) is 0.684. The summed E-state index contributed by atoms with van der Waals surface area (Å²) in [6, 6.07) is 12.7. The minimum Gasteiger partial charge on any atom is -0.379 e. The molecule has 170 valence electrons. The van der Waals surface area contributed by atoms with Gasteiger partial charge in [0.25, 0.3) is 0 Å². The average Bonchev–Trinajstić information content (AvgIpc) is 3.15. The summed E-state index contributed by atoms with van der Waals surface area (Å²) in [6.45, 7) is 6.18. The molecule has 1 fully saturated rings. The van der Waals surface area contributed by atoms with E-state index in [9.17, 15) is 13.2 Å². The molecule has 0 bridgehead atoms. The number of amides is 1. The number of carbonyl (C=O) groups is 1. The molecule has 1 saturated heterocycles. The van der Waals surface area contributed by atoms with E-state index in [1.54, 1.807) is 18.2 Å². The van der Waals surface area contributed by atoms with Gasteiger partial charge in [0.1, 0.15) is 5.82 Å². The number of nitrogens with one attached hydrogen (secondary N) is 1. The van der Waals surface area contributed by atoms with Crippen molar-refractivity contribution in [2.75, 3.05) is 31.6 Å². The third-order valence-electron chi connectivity index (χ3n) is 5.60. The van der Waals surface area contributed by atoms with Gasteiger partial charge in [0.2, 0.25) is 15.9 Å². The molecule has 0 spiro atoms. The number of sulfonamides is 1. The molecule has 8 nitrogen and oxygen atoms in total. The lowest BCUT2D eigenvalue weighted by Crippen LogP contribution is -2.40. The summed E-state index contributed by atoms with van der Waals surface area (Å²) in [5.41, 5.74) is 3.34. The molecule has 9 heteroatoms. The van der Waals surface area contributed by atoms with Crippen LogP contribution in [-0.2, 0) is 32.5 Å². The van der Waals surface area contributed by atoms with E-state index in [4.69, 9.17) is 4.74 Å². The molecule has 3 aromatic rings. The molecule has 1 N–H and O–H groups in total. The first kappa shape index (κ1) is 22.4. The fraction of sp³-hybridized carbons (Fsp3) is 0.391. The van der Waals surface area contributed by atoms with E-state index in [1.807, 2.05) is 42.7 Å². The SMILES string of the molecule is CCn1c(CCC(=O)Nc2cccc(C)c2)nc2cc(S(=O)(=O)N3CCOCC3)ccc21. The Morgan fingerprint density at radius 2 is 1.94 bits per heavy atom. The number of ether oxygens (including phenoxy) is 1. The monoisotopic (exact) mass is 456 g/mol. The molecule has 1 aliphatic rings. The van der Waals surface area contributed by atoms with Crippen molar-refractivity contribution in [3.05, 3.63) is 53.9 Å². The number of carbonyl (C=O) groups excluding carboxylic acids is 1. The molecule has 32 heavy (non-hydrogen) atoms. The Morgan fingerprint density at radius 3 is 2.66 bits per heavy atom. The van der Waals surface area contributed by atoms with Gasteiger partial charge in [0.15, 0.2) is 0 Å². The highest BCUT2D eigenvalue weighted by atomic mass is 32.2. The number of hydrogen-bond donors (Lipinski definition) is 1. The summed E-state index contributed by atoms with van der Waals surface area (Å²) >= 11 is 0. The van der Waals surface area contributed by atoms with Crippen molar-refractivity contribution < 1.29 is 17.9 Å². The van der Waals surface area contributed by atoms with Crippen molar-refractivity contribution >= 4 is 32.7 Å². The Hall–Kier alpha value is -2.75. The number of rotatable bonds is 7. The number of morpholine rings is 1. The van der Waals surface area contributed by atoms with E-state index in [2.05, 4.69) is 10.3 Å². The van der Waals surface area contributed by atoms with Gasteiger partial charge in [-0.05, 0) is 49.7 Å². The normalized spacial score (nSPS) is 15.2. The molecule has 0 radical (unpaired) electrons. The van der Waals surface area contributed by atoms with Crippen molar-refractivity contribution in [2.45, 2.75) is 38.1 Å². The largest absolute Gasteiger partial charge is 0.379 e. The van der Waals surface area contributed by atoms with Crippen LogP contribution in [0.5, 0.6) is 0 Å². The summed E-state index contributed by atoms with van der Waals surface area (Å²) in [5, 5.41) is 2.92. The van der Waals surface area contributed by atoms with Crippen molar-refractivity contribution in [3.8, 4) is 0 Å². The zero-order valence-electron chi connectivity index (χ0n) is 18.4. The van der Waals surface area contributed by atoms with Crippen LogP contribution in [0.25, 0.3) is 11.0 Å². The first-order chi connectivity index (χ1) is 15.4. The third-order valence-corrected chi connectivity index (χ3v) is 7.49. The zero-order valence-corrected chi connectivity index (χ0v) is 19.2. The van der Waals surface area contributed by atoms with Gasteiger partial charge in [0.05, 0.1) is 29.1 Å². The fourth-order valence-electron chi connectivity index (χ4n) is 3.97. The maximum Gasteiger partial charge on any atom is 0.243 e. The highest BCUT2D eigenvalue weighted by Crippen LogP contribution is 2.24. The molecule has 1 amide bonds. The molecule has 4 rings (SSSR count). The molecule has 0 aliphatic carbocycles. The summed E-state index contributed by atoms with van der Waals surface area (Å²) < 4.78 is 34.7. The van der Waals surface area contributed by atoms with Crippen molar-refractivity contribution in [3.63, 3.8) is 0 Å². The lowest BCUT2D eigenvalue weighted by Gasteiger charge is -2.26. The Kier molecular flexibility index (Phi) is 6.59. The molecular formula is C23H28N4O4S. The van der Waals surface area contributed by atoms with Crippen molar-refractivity contribution in [1.82, 2.24) is 13.9 Å². The Morgan fingerprint density at radius 1 is 1.16 bits per heavy atom. The fourth-order valence-corrected chi connectivity index (χ4v) is 5.40. The molecule has 1 aromatic heterocycles.